The first-order valence-electron chi connectivity index (χ1n) is 9.76. The summed E-state index contributed by atoms with van der Waals surface area (Å²) in [6.07, 6.45) is 8.57. The summed E-state index contributed by atoms with van der Waals surface area (Å²) in [5.41, 5.74) is 2.63. The van der Waals surface area contributed by atoms with Crippen molar-refractivity contribution in [3.8, 4) is 0 Å². The second-order valence-corrected chi connectivity index (χ2v) is 7.66. The molecule has 2 aliphatic rings. The van der Waals surface area contributed by atoms with Crippen molar-refractivity contribution in [1.29, 1.82) is 0 Å². The molecule has 3 heterocycles. The van der Waals surface area contributed by atoms with Gasteiger partial charge in [0.25, 0.3) is 0 Å². The standard InChI is InChI=1S/C22H26FN5/c1-27-10-4-6-16(14-27)20-13-21(24-19-9-3-8-18(23)12-19)26-22(25-20)17-7-5-11-28(2)15-17/h3-4,6,8-9,12-14,17H,5,7,10-11,15H2,1-2H3,(H,24,25,26). The van der Waals surface area contributed by atoms with Gasteiger partial charge in [-0.05, 0) is 44.6 Å². The molecule has 0 aliphatic carbocycles. The van der Waals surface area contributed by atoms with Crippen molar-refractivity contribution < 1.29 is 4.39 Å². The van der Waals surface area contributed by atoms with Gasteiger partial charge in [0, 0.05) is 49.6 Å². The fraction of sp³-hybridized carbons (Fsp3) is 0.364. The zero-order valence-corrected chi connectivity index (χ0v) is 16.4. The van der Waals surface area contributed by atoms with Gasteiger partial charge in [0.1, 0.15) is 17.5 Å². The van der Waals surface area contributed by atoms with Gasteiger partial charge in [-0.2, -0.15) is 0 Å². The highest BCUT2D eigenvalue weighted by Crippen LogP contribution is 2.28. The van der Waals surface area contributed by atoms with Crippen molar-refractivity contribution in [2.24, 2.45) is 0 Å². The molecule has 4 rings (SSSR count). The number of likely N-dealkylation sites (N-methyl/N-ethyl adjacent to an activating group) is 2. The molecule has 2 aliphatic heterocycles. The summed E-state index contributed by atoms with van der Waals surface area (Å²) in [5, 5.41) is 3.26. The number of anilines is 2. The molecule has 6 heteroatoms. The van der Waals surface area contributed by atoms with E-state index in [-0.39, 0.29) is 5.82 Å². The Kier molecular flexibility index (Phi) is 5.39. The minimum absolute atomic E-state index is 0.270. The minimum Gasteiger partial charge on any atom is -0.376 e. The van der Waals surface area contributed by atoms with Crippen molar-refractivity contribution in [2.75, 3.05) is 39.0 Å². The van der Waals surface area contributed by atoms with E-state index in [0.717, 1.165) is 49.6 Å². The lowest BCUT2D eigenvalue weighted by molar-refractivity contribution is 0.246. The van der Waals surface area contributed by atoms with Crippen LogP contribution in [0.5, 0.6) is 0 Å². The molecule has 0 bridgehead atoms. The van der Waals surface area contributed by atoms with Gasteiger partial charge in [0.2, 0.25) is 0 Å². The van der Waals surface area contributed by atoms with Crippen molar-refractivity contribution >= 4 is 17.1 Å². The normalized spacial score (nSPS) is 20.2. The molecular weight excluding hydrogens is 353 g/mol. The van der Waals surface area contributed by atoms with Gasteiger partial charge in [-0.1, -0.05) is 18.2 Å². The highest BCUT2D eigenvalue weighted by atomic mass is 19.1. The van der Waals surface area contributed by atoms with Crippen LogP contribution in [0.4, 0.5) is 15.9 Å². The topological polar surface area (TPSA) is 44.3 Å². The molecule has 0 spiro atoms. The summed E-state index contributed by atoms with van der Waals surface area (Å²) < 4.78 is 13.6. The van der Waals surface area contributed by atoms with Crippen LogP contribution in [-0.4, -0.2) is 53.5 Å². The molecule has 1 unspecified atom stereocenters. The van der Waals surface area contributed by atoms with Crippen LogP contribution in [0, 0.1) is 5.82 Å². The number of hydrogen-bond donors (Lipinski definition) is 1. The van der Waals surface area contributed by atoms with Crippen LogP contribution in [0.3, 0.4) is 0 Å². The summed E-state index contributed by atoms with van der Waals surface area (Å²) in [5.74, 6) is 1.58. The quantitative estimate of drug-likeness (QED) is 0.870. The Labute approximate surface area is 165 Å². The van der Waals surface area contributed by atoms with Crippen LogP contribution in [0.2, 0.25) is 0 Å². The van der Waals surface area contributed by atoms with E-state index < -0.39 is 0 Å². The molecular formula is C22H26FN5. The second kappa shape index (κ2) is 8.10. The Morgan fingerprint density at radius 3 is 2.86 bits per heavy atom. The van der Waals surface area contributed by atoms with E-state index in [1.165, 1.54) is 12.1 Å². The maximum Gasteiger partial charge on any atom is 0.135 e. The van der Waals surface area contributed by atoms with E-state index in [0.29, 0.717) is 17.4 Å². The Bertz CT molecular complexity index is 908. The molecule has 0 amide bonds. The number of rotatable bonds is 4. The van der Waals surface area contributed by atoms with Crippen LogP contribution < -0.4 is 5.32 Å². The fourth-order valence-electron chi connectivity index (χ4n) is 3.78. The summed E-state index contributed by atoms with van der Waals surface area (Å²) in [4.78, 5) is 14.2. The maximum atomic E-state index is 13.6. The summed E-state index contributed by atoms with van der Waals surface area (Å²) in [6.45, 7) is 2.96. The number of likely N-dealkylation sites (tertiary alicyclic amines) is 1. The van der Waals surface area contributed by atoms with Gasteiger partial charge in [0.15, 0.2) is 0 Å². The van der Waals surface area contributed by atoms with Crippen molar-refractivity contribution in [3.05, 3.63) is 66.0 Å². The zero-order valence-electron chi connectivity index (χ0n) is 16.4. The van der Waals surface area contributed by atoms with Crippen molar-refractivity contribution in [2.45, 2.75) is 18.8 Å². The number of nitrogens with one attached hydrogen (secondary N) is 1. The maximum absolute atomic E-state index is 13.6. The first kappa shape index (κ1) is 18.6. The average Bonchev–Trinajstić information content (AvgIpc) is 2.68. The first-order valence-corrected chi connectivity index (χ1v) is 9.76. The Balaban J connectivity index is 1.71. The lowest BCUT2D eigenvalue weighted by atomic mass is 9.97. The van der Waals surface area contributed by atoms with Gasteiger partial charge in [-0.25, -0.2) is 14.4 Å². The Hall–Kier alpha value is -2.73. The highest BCUT2D eigenvalue weighted by Gasteiger charge is 2.23. The molecule has 5 nitrogen and oxygen atoms in total. The number of piperidine rings is 1. The largest absolute Gasteiger partial charge is 0.376 e. The van der Waals surface area contributed by atoms with E-state index >= 15 is 0 Å². The highest BCUT2D eigenvalue weighted by molar-refractivity contribution is 5.74. The van der Waals surface area contributed by atoms with Crippen LogP contribution >= 0.6 is 0 Å². The molecule has 1 fully saturated rings. The number of halogens is 1. The first-order chi connectivity index (χ1) is 13.6. The lowest BCUT2D eigenvalue weighted by Gasteiger charge is -2.29. The van der Waals surface area contributed by atoms with Gasteiger partial charge in [0.05, 0.1) is 5.69 Å². The van der Waals surface area contributed by atoms with E-state index in [1.54, 1.807) is 6.07 Å². The summed E-state index contributed by atoms with van der Waals surface area (Å²) in [6, 6.07) is 8.39. The van der Waals surface area contributed by atoms with Crippen LogP contribution in [-0.2, 0) is 0 Å². The molecule has 1 saturated heterocycles. The zero-order chi connectivity index (χ0) is 19.5. The third-order valence-corrected chi connectivity index (χ3v) is 5.18. The molecule has 28 heavy (non-hydrogen) atoms. The number of aromatic nitrogens is 2. The van der Waals surface area contributed by atoms with Gasteiger partial charge < -0.3 is 15.1 Å². The summed E-state index contributed by atoms with van der Waals surface area (Å²) in [7, 11) is 4.19. The SMILES string of the molecule is CN1C=C(c2cc(Nc3cccc(F)c3)nc(C3CCCN(C)C3)n2)C=CC1. The number of benzene rings is 1. The van der Waals surface area contributed by atoms with E-state index in [4.69, 9.17) is 9.97 Å². The molecule has 0 saturated carbocycles. The minimum atomic E-state index is -0.270. The van der Waals surface area contributed by atoms with Gasteiger partial charge in [-0.15, -0.1) is 0 Å². The van der Waals surface area contributed by atoms with Crippen molar-refractivity contribution in [3.63, 3.8) is 0 Å². The predicted molar refractivity (Wildman–Crippen MR) is 111 cm³/mol. The molecule has 1 N–H and O–H groups in total. The Morgan fingerprint density at radius 1 is 1.18 bits per heavy atom. The predicted octanol–water partition coefficient (Wildman–Crippen LogP) is 4.01. The van der Waals surface area contributed by atoms with Crippen molar-refractivity contribution in [1.82, 2.24) is 19.8 Å². The molecule has 0 radical (unpaired) electrons. The average molecular weight is 379 g/mol. The monoisotopic (exact) mass is 379 g/mol. The van der Waals surface area contributed by atoms with E-state index in [1.807, 2.05) is 19.2 Å². The third kappa shape index (κ3) is 4.39. The molecule has 146 valence electrons. The fourth-order valence-corrected chi connectivity index (χ4v) is 3.78. The van der Waals surface area contributed by atoms with E-state index in [2.05, 4.69) is 40.5 Å². The second-order valence-electron chi connectivity index (χ2n) is 7.66. The third-order valence-electron chi connectivity index (χ3n) is 5.18. The molecule has 1 aromatic heterocycles. The van der Waals surface area contributed by atoms with Gasteiger partial charge in [-0.3, -0.25) is 0 Å². The van der Waals surface area contributed by atoms with Gasteiger partial charge >= 0.3 is 0 Å². The number of nitrogens with zero attached hydrogens (tertiary/aromatic N) is 4. The van der Waals surface area contributed by atoms with E-state index in [9.17, 15) is 4.39 Å². The van der Waals surface area contributed by atoms with Crippen LogP contribution in [0.25, 0.3) is 5.57 Å². The summed E-state index contributed by atoms with van der Waals surface area (Å²) >= 11 is 0. The smallest absolute Gasteiger partial charge is 0.135 e. The van der Waals surface area contributed by atoms with Crippen LogP contribution in [0.1, 0.15) is 30.3 Å². The number of allylic oxidation sites excluding steroid dienone is 2. The molecule has 1 atom stereocenters. The molecule has 2 aromatic rings. The lowest BCUT2D eigenvalue weighted by Crippen LogP contribution is -2.31. The Morgan fingerprint density at radius 2 is 2.07 bits per heavy atom. The molecule has 1 aromatic carbocycles. The van der Waals surface area contributed by atoms with Crippen LogP contribution in [0.15, 0.2) is 48.7 Å². The number of hydrogen-bond acceptors (Lipinski definition) is 5.